The second-order valence-corrected chi connectivity index (χ2v) is 6.29. The van der Waals surface area contributed by atoms with Gasteiger partial charge in [0.15, 0.2) is 0 Å². The van der Waals surface area contributed by atoms with E-state index >= 15 is 0 Å². The number of para-hydroxylation sites is 1. The topological polar surface area (TPSA) is 75.6 Å². The Labute approximate surface area is 130 Å². The van der Waals surface area contributed by atoms with E-state index in [0.29, 0.717) is 5.69 Å². The van der Waals surface area contributed by atoms with Crippen LogP contribution in [0.3, 0.4) is 0 Å². The Morgan fingerprint density at radius 1 is 1.38 bits per heavy atom. The molecule has 2 aliphatic rings. The number of carbonyl (C=O) groups excluding carboxylic acids is 1. The molecule has 0 aliphatic carbocycles. The van der Waals surface area contributed by atoms with Crippen LogP contribution in [0.2, 0.25) is 0 Å². The van der Waals surface area contributed by atoms with Crippen molar-refractivity contribution in [1.29, 1.82) is 0 Å². The third kappa shape index (κ3) is 2.28. The van der Waals surface area contributed by atoms with Crippen LogP contribution >= 0.6 is 15.9 Å². The van der Waals surface area contributed by atoms with Crippen LogP contribution in [0.1, 0.15) is 6.92 Å². The predicted octanol–water partition coefficient (Wildman–Crippen LogP) is 2.43. The maximum atomic E-state index is 12.6. The lowest BCUT2D eigenvalue weighted by Gasteiger charge is -2.28. The van der Waals surface area contributed by atoms with Gasteiger partial charge in [-0.2, -0.15) is 0 Å². The highest BCUT2D eigenvalue weighted by Gasteiger charge is 2.59. The molecule has 2 N–H and O–H groups in total. The number of halogens is 1. The molecular formula is C15H14BrNO4. The van der Waals surface area contributed by atoms with Crippen LogP contribution < -0.4 is 5.32 Å². The van der Waals surface area contributed by atoms with Crippen LogP contribution in [-0.4, -0.2) is 28.7 Å². The molecule has 1 aromatic rings. The minimum absolute atomic E-state index is 0.344. The fourth-order valence-electron chi connectivity index (χ4n) is 3.05. The molecule has 0 saturated carbocycles. The Kier molecular flexibility index (Phi) is 3.37. The molecule has 0 radical (unpaired) electrons. The lowest BCUT2D eigenvalue weighted by Crippen LogP contribution is -2.44. The monoisotopic (exact) mass is 351 g/mol. The molecule has 4 atom stereocenters. The third-order valence-corrected chi connectivity index (χ3v) is 4.73. The van der Waals surface area contributed by atoms with Gasteiger partial charge in [0.2, 0.25) is 5.91 Å². The predicted molar refractivity (Wildman–Crippen MR) is 79.8 cm³/mol. The van der Waals surface area contributed by atoms with Gasteiger partial charge in [-0.1, -0.05) is 24.3 Å². The van der Waals surface area contributed by atoms with Gasteiger partial charge in [0, 0.05) is 4.47 Å². The van der Waals surface area contributed by atoms with Crippen LogP contribution in [-0.2, 0) is 14.3 Å². The fourth-order valence-corrected chi connectivity index (χ4v) is 3.44. The minimum Gasteiger partial charge on any atom is -0.481 e. The highest BCUT2D eigenvalue weighted by atomic mass is 79.9. The zero-order valence-electron chi connectivity index (χ0n) is 11.2. The van der Waals surface area contributed by atoms with E-state index in [9.17, 15) is 14.7 Å². The second kappa shape index (κ2) is 4.96. The van der Waals surface area contributed by atoms with Crippen LogP contribution in [0, 0.1) is 11.8 Å². The summed E-state index contributed by atoms with van der Waals surface area (Å²) in [5.74, 6) is -2.97. The number of rotatable bonds is 3. The number of hydrogen-bond acceptors (Lipinski definition) is 3. The molecule has 6 heteroatoms. The number of ether oxygens (including phenoxy) is 1. The van der Waals surface area contributed by atoms with Crippen LogP contribution in [0.5, 0.6) is 0 Å². The van der Waals surface area contributed by atoms with Crippen molar-refractivity contribution < 1.29 is 19.4 Å². The molecule has 1 saturated heterocycles. The standard InChI is InChI=1S/C15H14BrNO4/c1-15-7-6-10(21-15)11(14(19)20)12(15)13(18)17-9-5-3-2-4-8(9)16/h2-7,10-12H,1H3,(H,17,18)(H,19,20)/t10-,11-,12+,15+/m1/s1. The maximum Gasteiger partial charge on any atom is 0.310 e. The quantitative estimate of drug-likeness (QED) is 0.820. The summed E-state index contributed by atoms with van der Waals surface area (Å²) in [5, 5.41) is 12.2. The van der Waals surface area contributed by atoms with Crippen molar-refractivity contribution >= 4 is 33.5 Å². The number of anilines is 1. The van der Waals surface area contributed by atoms with Gasteiger partial charge in [0.1, 0.15) is 5.92 Å². The summed E-state index contributed by atoms with van der Waals surface area (Å²) in [4.78, 5) is 24.0. The van der Waals surface area contributed by atoms with Crippen molar-refractivity contribution in [2.75, 3.05) is 5.32 Å². The van der Waals surface area contributed by atoms with Crippen LogP contribution in [0.15, 0.2) is 40.9 Å². The molecule has 2 aliphatic heterocycles. The zero-order chi connectivity index (χ0) is 15.2. The van der Waals surface area contributed by atoms with Gasteiger partial charge in [-0.25, -0.2) is 0 Å². The number of aliphatic carboxylic acids is 1. The number of carbonyl (C=O) groups is 2. The largest absolute Gasteiger partial charge is 0.481 e. The normalized spacial score (nSPS) is 33.1. The number of benzene rings is 1. The molecule has 0 spiro atoms. The van der Waals surface area contributed by atoms with Crippen molar-refractivity contribution in [2.45, 2.75) is 18.6 Å². The van der Waals surface area contributed by atoms with E-state index < -0.39 is 29.5 Å². The van der Waals surface area contributed by atoms with Crippen molar-refractivity contribution in [3.63, 3.8) is 0 Å². The average Bonchev–Trinajstić information content (AvgIpc) is 2.94. The van der Waals surface area contributed by atoms with Gasteiger partial charge in [0.25, 0.3) is 0 Å². The lowest BCUT2D eigenvalue weighted by atomic mass is 9.75. The number of hydrogen-bond donors (Lipinski definition) is 2. The van der Waals surface area contributed by atoms with Gasteiger partial charge in [-0.05, 0) is 35.0 Å². The Morgan fingerprint density at radius 2 is 2.10 bits per heavy atom. The number of carboxylic acid groups (broad SMARTS) is 1. The molecule has 110 valence electrons. The van der Waals surface area contributed by atoms with Gasteiger partial charge in [-0.3, -0.25) is 9.59 Å². The van der Waals surface area contributed by atoms with Gasteiger partial charge in [0.05, 0.1) is 23.3 Å². The van der Waals surface area contributed by atoms with Gasteiger partial charge >= 0.3 is 5.97 Å². The Morgan fingerprint density at radius 3 is 2.76 bits per heavy atom. The highest BCUT2D eigenvalue weighted by molar-refractivity contribution is 9.10. The Balaban J connectivity index is 1.88. The number of amides is 1. The van der Waals surface area contributed by atoms with Crippen molar-refractivity contribution in [1.82, 2.24) is 0 Å². The summed E-state index contributed by atoms with van der Waals surface area (Å²) < 4.78 is 6.42. The van der Waals surface area contributed by atoms with Crippen LogP contribution in [0.25, 0.3) is 0 Å². The second-order valence-electron chi connectivity index (χ2n) is 5.44. The molecule has 1 fully saturated rings. The first-order valence-corrected chi connectivity index (χ1v) is 7.37. The number of carboxylic acids is 1. The van der Waals surface area contributed by atoms with Crippen molar-refractivity contribution in [3.8, 4) is 0 Å². The highest BCUT2D eigenvalue weighted by Crippen LogP contribution is 2.47. The van der Waals surface area contributed by atoms with E-state index in [-0.39, 0.29) is 5.91 Å². The molecule has 5 nitrogen and oxygen atoms in total. The van der Waals surface area contributed by atoms with E-state index in [1.807, 2.05) is 12.1 Å². The van der Waals surface area contributed by atoms with E-state index in [1.165, 1.54) is 0 Å². The molecular weight excluding hydrogens is 338 g/mol. The SMILES string of the molecule is C[C@@]12C=C[C@@H](O1)[C@@H](C(=O)O)[C@H]2C(=O)Nc1ccccc1Br. The summed E-state index contributed by atoms with van der Waals surface area (Å²) in [6.45, 7) is 1.75. The first kappa shape index (κ1) is 14.3. The molecule has 0 unspecified atom stereocenters. The number of nitrogens with one attached hydrogen (secondary N) is 1. The summed E-state index contributed by atoms with van der Waals surface area (Å²) in [7, 11) is 0. The van der Waals surface area contributed by atoms with Gasteiger partial charge in [-0.15, -0.1) is 0 Å². The molecule has 3 rings (SSSR count). The first-order chi connectivity index (χ1) is 9.92. The fraction of sp³-hybridized carbons (Fsp3) is 0.333. The van der Waals surface area contributed by atoms with E-state index in [0.717, 1.165) is 4.47 Å². The van der Waals surface area contributed by atoms with Crippen LogP contribution in [0.4, 0.5) is 5.69 Å². The zero-order valence-corrected chi connectivity index (χ0v) is 12.8. The Hall–Kier alpha value is -1.66. The van der Waals surface area contributed by atoms with Gasteiger partial charge < -0.3 is 15.2 Å². The molecule has 1 aromatic carbocycles. The smallest absolute Gasteiger partial charge is 0.310 e. The Bertz CT molecular complexity index is 644. The molecule has 1 amide bonds. The summed E-state index contributed by atoms with van der Waals surface area (Å²) in [5.41, 5.74) is -0.249. The molecule has 2 heterocycles. The molecule has 2 bridgehead atoms. The third-order valence-electron chi connectivity index (χ3n) is 4.04. The molecule has 21 heavy (non-hydrogen) atoms. The van der Waals surface area contributed by atoms with E-state index in [4.69, 9.17) is 4.74 Å². The maximum absolute atomic E-state index is 12.6. The number of fused-ring (bicyclic) bond motifs is 2. The first-order valence-electron chi connectivity index (χ1n) is 6.58. The summed E-state index contributed by atoms with van der Waals surface area (Å²) in [6.07, 6.45) is 2.96. The van der Waals surface area contributed by atoms with Crippen molar-refractivity contribution in [3.05, 3.63) is 40.9 Å². The van der Waals surface area contributed by atoms with E-state index in [1.54, 1.807) is 31.2 Å². The van der Waals surface area contributed by atoms with E-state index in [2.05, 4.69) is 21.2 Å². The minimum atomic E-state index is -1.01. The average molecular weight is 352 g/mol. The summed E-state index contributed by atoms with van der Waals surface area (Å²) in [6, 6.07) is 7.20. The molecule has 0 aromatic heterocycles. The summed E-state index contributed by atoms with van der Waals surface area (Å²) >= 11 is 3.36. The van der Waals surface area contributed by atoms with Crippen molar-refractivity contribution in [2.24, 2.45) is 11.8 Å². The lowest BCUT2D eigenvalue weighted by molar-refractivity contribution is -0.146.